The molecule has 0 unspecified atom stereocenters. The molecule has 0 spiro atoms. The van der Waals surface area contributed by atoms with Gasteiger partial charge in [-0.05, 0) is 79.5 Å². The molecule has 0 heterocycles. The van der Waals surface area contributed by atoms with E-state index >= 15 is 0 Å². The van der Waals surface area contributed by atoms with Crippen molar-refractivity contribution in [1.29, 1.82) is 0 Å². The maximum atomic E-state index is 14.9. The van der Waals surface area contributed by atoms with Crippen LogP contribution in [-0.4, -0.2) is 23.8 Å². The molecule has 0 aliphatic heterocycles. The van der Waals surface area contributed by atoms with E-state index in [4.69, 9.17) is 9.47 Å². The number of aliphatic hydroxyl groups excluding tert-OH is 1. The number of carbonyl (C=O) groups excluding carboxylic acids is 1. The van der Waals surface area contributed by atoms with Crippen LogP contribution in [-0.2, 0) is 11.3 Å². The third-order valence-electron chi connectivity index (χ3n) is 6.35. The molecule has 1 aliphatic carbocycles. The van der Waals surface area contributed by atoms with Crippen LogP contribution in [0.1, 0.15) is 60.0 Å². The van der Waals surface area contributed by atoms with Gasteiger partial charge in [-0.25, -0.2) is 18.0 Å². The first-order chi connectivity index (χ1) is 16.9. The van der Waals surface area contributed by atoms with E-state index in [1.807, 2.05) is 6.92 Å². The zero-order valence-electron chi connectivity index (χ0n) is 19.4. The Kier molecular flexibility index (Phi) is 7.88. The molecule has 3 aromatic rings. The lowest BCUT2D eigenvalue weighted by Crippen LogP contribution is -2.18. The molecule has 7 heteroatoms. The number of carbonyl (C=O) groups is 1. The molecule has 3 aromatic carbocycles. The van der Waals surface area contributed by atoms with Gasteiger partial charge < -0.3 is 14.6 Å². The van der Waals surface area contributed by atoms with Gasteiger partial charge in [-0.2, -0.15) is 0 Å². The van der Waals surface area contributed by atoms with Gasteiger partial charge in [0.1, 0.15) is 0 Å². The highest BCUT2D eigenvalue weighted by atomic mass is 19.2. The van der Waals surface area contributed by atoms with Crippen LogP contribution in [0, 0.1) is 17.5 Å². The summed E-state index contributed by atoms with van der Waals surface area (Å²) >= 11 is 0. The number of rotatable bonds is 7. The first kappa shape index (κ1) is 24.9. The molecule has 0 bridgehead atoms. The predicted molar refractivity (Wildman–Crippen MR) is 126 cm³/mol. The van der Waals surface area contributed by atoms with E-state index < -0.39 is 23.4 Å². The lowest BCUT2D eigenvalue weighted by molar-refractivity contribution is 0.0727. The van der Waals surface area contributed by atoms with Crippen molar-refractivity contribution in [3.63, 3.8) is 0 Å². The van der Waals surface area contributed by atoms with Crippen molar-refractivity contribution in [3.05, 3.63) is 88.7 Å². The zero-order chi connectivity index (χ0) is 24.9. The quantitative estimate of drug-likeness (QED) is 0.305. The summed E-state index contributed by atoms with van der Waals surface area (Å²) in [7, 11) is 0. The Morgan fingerprint density at radius 3 is 2.31 bits per heavy atom. The van der Waals surface area contributed by atoms with E-state index in [0.717, 1.165) is 0 Å². The summed E-state index contributed by atoms with van der Waals surface area (Å²) in [5.74, 6) is -3.61. The van der Waals surface area contributed by atoms with Gasteiger partial charge in [0, 0.05) is 12.2 Å². The molecule has 1 aliphatic rings. The Morgan fingerprint density at radius 2 is 1.66 bits per heavy atom. The number of esters is 1. The van der Waals surface area contributed by atoms with Gasteiger partial charge >= 0.3 is 5.97 Å². The first-order valence-corrected chi connectivity index (χ1v) is 11.7. The number of hydrogen-bond donors (Lipinski definition) is 1. The summed E-state index contributed by atoms with van der Waals surface area (Å²) < 4.78 is 54.5. The van der Waals surface area contributed by atoms with E-state index in [1.165, 1.54) is 42.5 Å². The van der Waals surface area contributed by atoms with Crippen molar-refractivity contribution in [1.82, 2.24) is 0 Å². The van der Waals surface area contributed by atoms with Gasteiger partial charge in [-0.1, -0.05) is 30.3 Å². The number of benzene rings is 3. The van der Waals surface area contributed by atoms with E-state index in [2.05, 4.69) is 0 Å². The molecule has 4 rings (SSSR count). The van der Waals surface area contributed by atoms with E-state index in [0.29, 0.717) is 49.0 Å². The van der Waals surface area contributed by atoms with Crippen LogP contribution < -0.4 is 4.74 Å². The maximum absolute atomic E-state index is 14.9. The fraction of sp³-hybridized carbons (Fsp3) is 0.321. The number of aliphatic hydroxyl groups is 1. The molecule has 1 saturated carbocycles. The number of hydrogen-bond acceptors (Lipinski definition) is 4. The molecule has 0 aromatic heterocycles. The summed E-state index contributed by atoms with van der Waals surface area (Å²) in [5.41, 5.74) is 1.57. The topological polar surface area (TPSA) is 55.8 Å². The highest BCUT2D eigenvalue weighted by Crippen LogP contribution is 2.37. The summed E-state index contributed by atoms with van der Waals surface area (Å²) in [6, 6.07) is 13.2. The Bertz CT molecular complexity index is 1190. The van der Waals surface area contributed by atoms with Gasteiger partial charge in [-0.15, -0.1) is 0 Å². The Labute approximate surface area is 202 Å². The average Bonchev–Trinajstić information content (AvgIpc) is 2.86. The second kappa shape index (κ2) is 11.1. The second-order valence-electron chi connectivity index (χ2n) is 8.70. The van der Waals surface area contributed by atoms with Crippen LogP contribution in [0.5, 0.6) is 5.75 Å². The molecular weight excluding hydrogens is 457 g/mol. The minimum atomic E-state index is -0.946. The summed E-state index contributed by atoms with van der Waals surface area (Å²) in [6.07, 6.45) is 2.01. The third kappa shape index (κ3) is 5.74. The zero-order valence-corrected chi connectivity index (χ0v) is 19.4. The minimum Gasteiger partial charge on any atom is -0.420 e. The fourth-order valence-corrected chi connectivity index (χ4v) is 4.37. The highest BCUT2D eigenvalue weighted by molar-refractivity contribution is 5.91. The van der Waals surface area contributed by atoms with Gasteiger partial charge in [0.15, 0.2) is 23.2 Å². The van der Waals surface area contributed by atoms with Crippen molar-refractivity contribution in [2.24, 2.45) is 0 Å². The van der Waals surface area contributed by atoms with Crippen LogP contribution in [0.3, 0.4) is 0 Å². The monoisotopic (exact) mass is 484 g/mol. The Morgan fingerprint density at radius 1 is 0.943 bits per heavy atom. The molecule has 1 N–H and O–H groups in total. The highest BCUT2D eigenvalue weighted by Gasteiger charge is 2.25. The number of ether oxygens (including phenoxy) is 2. The summed E-state index contributed by atoms with van der Waals surface area (Å²) in [4.78, 5) is 12.5. The van der Waals surface area contributed by atoms with E-state index in [9.17, 15) is 23.1 Å². The van der Waals surface area contributed by atoms with Gasteiger partial charge in [0.05, 0.1) is 18.3 Å². The average molecular weight is 485 g/mol. The maximum Gasteiger partial charge on any atom is 0.343 e. The van der Waals surface area contributed by atoms with Gasteiger partial charge in [-0.3, -0.25) is 0 Å². The third-order valence-corrected chi connectivity index (χ3v) is 6.35. The summed E-state index contributed by atoms with van der Waals surface area (Å²) in [5, 5.41) is 9.66. The number of halogens is 3. The Hall–Kier alpha value is -3.16. The second-order valence-corrected chi connectivity index (χ2v) is 8.70. The fourth-order valence-electron chi connectivity index (χ4n) is 4.37. The molecular formula is C28H27F3O4. The van der Waals surface area contributed by atoms with Crippen molar-refractivity contribution in [2.75, 3.05) is 6.61 Å². The largest absolute Gasteiger partial charge is 0.420 e. The van der Waals surface area contributed by atoms with E-state index in [1.54, 1.807) is 12.1 Å². The lowest BCUT2D eigenvalue weighted by Gasteiger charge is -2.26. The first-order valence-electron chi connectivity index (χ1n) is 11.7. The molecule has 0 saturated heterocycles. The molecule has 0 amide bonds. The SMILES string of the molecule is CCOCc1ccc(OC(=O)c2ccc(-c3ccc(C4CCC(O)CC4)c(F)c3F)cc2)c(F)c1. The molecule has 184 valence electrons. The molecule has 0 atom stereocenters. The molecule has 0 radical (unpaired) electrons. The Balaban J connectivity index is 1.47. The smallest absolute Gasteiger partial charge is 0.343 e. The van der Waals surface area contributed by atoms with Gasteiger partial charge in [0.2, 0.25) is 0 Å². The lowest BCUT2D eigenvalue weighted by atomic mass is 9.82. The van der Waals surface area contributed by atoms with Crippen LogP contribution in [0.2, 0.25) is 0 Å². The van der Waals surface area contributed by atoms with Crippen molar-refractivity contribution in [3.8, 4) is 16.9 Å². The van der Waals surface area contributed by atoms with Crippen LogP contribution >= 0.6 is 0 Å². The standard InChI is InChI=1S/C28H27F3O4/c1-2-34-16-17-3-14-25(24(29)15-17)35-28(33)20-6-4-18(5-7-20)22-12-13-23(27(31)26(22)30)19-8-10-21(32)11-9-19/h3-7,12-15,19,21,32H,2,8-11,16H2,1H3. The minimum absolute atomic E-state index is 0.0814. The summed E-state index contributed by atoms with van der Waals surface area (Å²) in [6.45, 7) is 2.59. The molecule has 1 fully saturated rings. The van der Waals surface area contributed by atoms with Gasteiger partial charge in [0.25, 0.3) is 0 Å². The van der Waals surface area contributed by atoms with Crippen molar-refractivity contribution in [2.45, 2.75) is 51.2 Å². The van der Waals surface area contributed by atoms with E-state index in [-0.39, 0.29) is 35.5 Å². The molecule has 35 heavy (non-hydrogen) atoms. The molecule has 4 nitrogen and oxygen atoms in total. The van der Waals surface area contributed by atoms with Crippen LogP contribution in [0.4, 0.5) is 13.2 Å². The van der Waals surface area contributed by atoms with Crippen LogP contribution in [0.25, 0.3) is 11.1 Å². The van der Waals surface area contributed by atoms with Crippen molar-refractivity contribution < 1.29 is 32.5 Å². The van der Waals surface area contributed by atoms with Crippen LogP contribution in [0.15, 0.2) is 54.6 Å². The van der Waals surface area contributed by atoms with Crippen molar-refractivity contribution >= 4 is 5.97 Å². The predicted octanol–water partition coefficient (Wildman–Crippen LogP) is 6.55. The normalized spacial score (nSPS) is 17.9.